The number of ether oxygens (including phenoxy) is 2. The number of rotatable bonds is 0. The number of benzene rings is 2. The molecule has 0 saturated heterocycles. The summed E-state index contributed by atoms with van der Waals surface area (Å²) in [5.41, 5.74) is 3.89. The molecule has 0 unspecified atom stereocenters. The molecule has 4 aliphatic rings. The summed E-state index contributed by atoms with van der Waals surface area (Å²) in [6.45, 7) is 4.45. The van der Waals surface area contributed by atoms with Crippen LogP contribution in [0, 0.1) is 12.8 Å². The third kappa shape index (κ3) is 5.20. The summed E-state index contributed by atoms with van der Waals surface area (Å²) in [7, 11) is -4.11. The summed E-state index contributed by atoms with van der Waals surface area (Å²) in [5.74, 6) is 0.357. The van der Waals surface area contributed by atoms with Crippen molar-refractivity contribution >= 4 is 44.6 Å². The highest BCUT2D eigenvalue weighted by Gasteiger charge is 2.43. The number of carbonyl (C=O) groups excluding carboxylic acids is 1. The Hall–Kier alpha value is -2.66. The van der Waals surface area contributed by atoms with Crippen molar-refractivity contribution < 1.29 is 22.7 Å². The molecule has 2 aromatic carbocycles. The number of nitrogens with zero attached hydrogens (tertiary/aromatic N) is 2. The van der Waals surface area contributed by atoms with Crippen molar-refractivity contribution in [2.75, 3.05) is 31.2 Å². The van der Waals surface area contributed by atoms with Gasteiger partial charge in [-0.15, -0.1) is 11.3 Å². The van der Waals surface area contributed by atoms with Crippen molar-refractivity contribution in [3.05, 3.63) is 68.1 Å². The second-order valence-corrected chi connectivity index (χ2v) is 15.5. The van der Waals surface area contributed by atoms with Crippen LogP contribution in [0.15, 0.2) is 41.3 Å². The SMILES string of the molecule is Cc1sc2nc1CCO[C@@H]1CC[C@H]1CN1C[C@@]3(CCCc4cc(Cl)ccc43)COc3ccc(cc31)S(=O)(=O)NC(=O)C2. The molecular formula is C31H34ClN3O5S2. The third-order valence-electron chi connectivity index (χ3n) is 9.29. The zero-order valence-electron chi connectivity index (χ0n) is 23.5. The molecule has 3 atom stereocenters. The van der Waals surface area contributed by atoms with Gasteiger partial charge in [-0.05, 0) is 80.5 Å². The molecular weight excluding hydrogens is 594 g/mol. The smallest absolute Gasteiger partial charge is 0.264 e. The minimum absolute atomic E-state index is 0.0386. The first-order chi connectivity index (χ1) is 20.2. The molecule has 2 aliphatic heterocycles. The zero-order chi connectivity index (χ0) is 29.1. The fraction of sp³-hybridized carbons (Fsp3) is 0.484. The van der Waals surface area contributed by atoms with Gasteiger partial charge in [0, 0.05) is 40.7 Å². The molecule has 3 heterocycles. The van der Waals surface area contributed by atoms with Crippen LogP contribution in [0.3, 0.4) is 0 Å². The van der Waals surface area contributed by atoms with E-state index in [1.54, 1.807) is 12.1 Å². The summed E-state index contributed by atoms with van der Waals surface area (Å²) in [4.78, 5) is 20.8. The molecule has 2 aliphatic carbocycles. The van der Waals surface area contributed by atoms with Crippen molar-refractivity contribution in [2.45, 2.75) is 68.3 Å². The van der Waals surface area contributed by atoms with E-state index < -0.39 is 15.9 Å². The maximum Gasteiger partial charge on any atom is 0.264 e. The maximum atomic E-state index is 13.4. The van der Waals surface area contributed by atoms with E-state index in [1.165, 1.54) is 28.5 Å². The first-order valence-corrected chi connectivity index (χ1v) is 17.3. The van der Waals surface area contributed by atoms with Gasteiger partial charge in [-0.3, -0.25) is 4.79 Å². The van der Waals surface area contributed by atoms with Crippen LogP contribution in [-0.4, -0.2) is 51.7 Å². The largest absolute Gasteiger partial charge is 0.490 e. The van der Waals surface area contributed by atoms with E-state index in [4.69, 9.17) is 21.1 Å². The van der Waals surface area contributed by atoms with Gasteiger partial charge in [0.25, 0.3) is 10.0 Å². The predicted octanol–water partition coefficient (Wildman–Crippen LogP) is 4.98. The number of hydrogen-bond donors (Lipinski definition) is 1. The standard InChI is InChI=1S/C31H34ClN3O5S2/c1-19-25-10-12-39-27-8-4-21(27)16-35-17-31(11-2-3-20-13-22(32)5-7-24(20)31)18-40-28-9-6-23(14-26(28)35)42(37,38)34-29(36)15-30(33-25)41-19/h5-7,9,13-14,21,27H,2-4,8,10-12,15-18H2,1H3,(H,34,36)/t21-,27+,31-/m0/s1. The second kappa shape index (κ2) is 10.8. The number of halogens is 1. The molecule has 11 heteroatoms. The third-order valence-corrected chi connectivity index (χ3v) is 11.9. The fourth-order valence-corrected chi connectivity index (χ4v) is 9.17. The van der Waals surface area contributed by atoms with Crippen LogP contribution in [0.25, 0.3) is 0 Å². The molecule has 1 aromatic heterocycles. The lowest BCUT2D eigenvalue weighted by Gasteiger charge is -2.44. The molecule has 8 nitrogen and oxygen atoms in total. The monoisotopic (exact) mass is 627 g/mol. The fourth-order valence-electron chi connectivity index (χ4n) is 7.00. The lowest BCUT2D eigenvalue weighted by molar-refractivity contribution is -0.118. The van der Waals surface area contributed by atoms with Gasteiger partial charge in [-0.2, -0.15) is 0 Å². The number of carbonyl (C=O) groups is 1. The van der Waals surface area contributed by atoms with E-state index in [0.717, 1.165) is 59.9 Å². The van der Waals surface area contributed by atoms with Gasteiger partial charge in [0.2, 0.25) is 5.91 Å². The number of aromatic nitrogens is 1. The summed E-state index contributed by atoms with van der Waals surface area (Å²) in [6, 6.07) is 11.1. The highest BCUT2D eigenvalue weighted by molar-refractivity contribution is 7.90. The summed E-state index contributed by atoms with van der Waals surface area (Å²) in [5, 5.41) is 1.33. The van der Waals surface area contributed by atoms with Crippen LogP contribution in [-0.2, 0) is 44.2 Å². The minimum atomic E-state index is -4.11. The average Bonchev–Trinajstić information content (AvgIpc) is 3.20. The molecule has 1 spiro atoms. The van der Waals surface area contributed by atoms with Gasteiger partial charge >= 0.3 is 0 Å². The van der Waals surface area contributed by atoms with Crippen LogP contribution in [0.4, 0.5) is 5.69 Å². The number of hydrogen-bond acceptors (Lipinski definition) is 8. The number of thiazole rings is 1. The molecule has 222 valence electrons. The van der Waals surface area contributed by atoms with Gasteiger partial charge in [-0.25, -0.2) is 18.1 Å². The van der Waals surface area contributed by atoms with E-state index in [1.807, 2.05) is 13.0 Å². The van der Waals surface area contributed by atoms with Crippen LogP contribution in [0.1, 0.15) is 52.4 Å². The van der Waals surface area contributed by atoms with Gasteiger partial charge in [0.1, 0.15) is 10.8 Å². The first-order valence-electron chi connectivity index (χ1n) is 14.6. The molecule has 1 amide bonds. The zero-order valence-corrected chi connectivity index (χ0v) is 25.9. The Morgan fingerprint density at radius 2 is 2.05 bits per heavy atom. The van der Waals surface area contributed by atoms with Crippen LogP contribution < -0.4 is 14.4 Å². The summed E-state index contributed by atoms with van der Waals surface area (Å²) >= 11 is 7.81. The van der Waals surface area contributed by atoms with E-state index in [0.29, 0.717) is 42.9 Å². The van der Waals surface area contributed by atoms with Crippen LogP contribution in [0.5, 0.6) is 5.75 Å². The quantitative estimate of drug-likeness (QED) is 0.376. The average molecular weight is 628 g/mol. The Morgan fingerprint density at radius 1 is 1.17 bits per heavy atom. The molecule has 3 aromatic rings. The Labute approximate surface area is 255 Å². The normalized spacial score (nSPS) is 27.0. The summed E-state index contributed by atoms with van der Waals surface area (Å²) in [6.07, 6.45) is 5.72. The number of amides is 1. The molecule has 1 saturated carbocycles. The van der Waals surface area contributed by atoms with E-state index >= 15 is 0 Å². The lowest BCUT2D eigenvalue weighted by atomic mass is 9.70. The molecule has 42 heavy (non-hydrogen) atoms. The molecule has 0 radical (unpaired) electrons. The summed E-state index contributed by atoms with van der Waals surface area (Å²) < 4.78 is 42.1. The van der Waals surface area contributed by atoms with Crippen LogP contribution >= 0.6 is 22.9 Å². The van der Waals surface area contributed by atoms with Crippen molar-refractivity contribution in [2.24, 2.45) is 5.92 Å². The van der Waals surface area contributed by atoms with Gasteiger partial charge < -0.3 is 14.4 Å². The minimum Gasteiger partial charge on any atom is -0.490 e. The molecule has 4 bridgehead atoms. The Balaban J connectivity index is 1.28. The Kier molecular flexibility index (Phi) is 7.24. The topological polar surface area (TPSA) is 97.8 Å². The van der Waals surface area contributed by atoms with Crippen LogP contribution in [0.2, 0.25) is 5.02 Å². The van der Waals surface area contributed by atoms with E-state index in [9.17, 15) is 13.2 Å². The Bertz CT molecular complexity index is 1660. The van der Waals surface area contributed by atoms with Gasteiger partial charge in [-0.1, -0.05) is 17.7 Å². The van der Waals surface area contributed by atoms with Gasteiger partial charge in [0.05, 0.1) is 42.0 Å². The number of fused-ring (bicyclic) bond motifs is 6. The number of anilines is 1. The Morgan fingerprint density at radius 3 is 2.88 bits per heavy atom. The van der Waals surface area contributed by atoms with Crippen molar-refractivity contribution in [1.29, 1.82) is 0 Å². The lowest BCUT2D eigenvalue weighted by Crippen LogP contribution is -2.49. The van der Waals surface area contributed by atoms with E-state index in [-0.39, 0.29) is 22.8 Å². The number of sulfonamides is 1. The highest BCUT2D eigenvalue weighted by Crippen LogP contribution is 2.46. The maximum absolute atomic E-state index is 13.4. The molecule has 1 N–H and O–H groups in total. The van der Waals surface area contributed by atoms with Crippen molar-refractivity contribution in [3.8, 4) is 5.75 Å². The second-order valence-electron chi connectivity index (χ2n) is 12.0. The van der Waals surface area contributed by atoms with Gasteiger partial charge in [0.15, 0.2) is 0 Å². The first kappa shape index (κ1) is 28.1. The van der Waals surface area contributed by atoms with Crippen molar-refractivity contribution in [1.82, 2.24) is 9.71 Å². The van der Waals surface area contributed by atoms with E-state index in [2.05, 4.69) is 26.7 Å². The predicted molar refractivity (Wildman–Crippen MR) is 162 cm³/mol. The number of aryl methyl sites for hydroxylation is 2. The van der Waals surface area contributed by atoms with Crippen molar-refractivity contribution in [3.63, 3.8) is 0 Å². The highest BCUT2D eigenvalue weighted by atomic mass is 35.5. The molecule has 7 rings (SSSR count). The number of nitrogens with one attached hydrogen (secondary N) is 1. The molecule has 1 fully saturated rings.